The summed E-state index contributed by atoms with van der Waals surface area (Å²) in [5.74, 6) is -0.390. The van der Waals surface area contributed by atoms with E-state index in [1.165, 1.54) is 12.1 Å². The number of aryl methyl sites for hydroxylation is 1. The van der Waals surface area contributed by atoms with Gasteiger partial charge in [0.15, 0.2) is 0 Å². The Kier molecular flexibility index (Phi) is 5.89. The SMILES string of the molecule is CNC(=O)c1ccc(C(=O)N2[C@@H](CCc3ccc(F)cc3)CC[C@H]2C)cc1. The standard InChI is InChI=1S/C22H25FN2O2/c1-15-3-13-20(14-6-16-4-11-19(23)12-5-16)25(15)22(27)18-9-7-17(8-10-18)21(26)24-2/h4-5,7-12,15,20H,3,6,13-14H2,1-2H3,(H,24,26)/t15-,20-/m1/s1. The number of likely N-dealkylation sites (tertiary alicyclic amines) is 1. The molecule has 1 fully saturated rings. The molecule has 4 nitrogen and oxygen atoms in total. The highest BCUT2D eigenvalue weighted by molar-refractivity contribution is 5.98. The lowest BCUT2D eigenvalue weighted by Crippen LogP contribution is -2.40. The van der Waals surface area contributed by atoms with Crippen molar-refractivity contribution in [2.24, 2.45) is 0 Å². The van der Waals surface area contributed by atoms with E-state index in [1.807, 2.05) is 4.90 Å². The second-order valence-corrected chi connectivity index (χ2v) is 7.11. The molecule has 27 heavy (non-hydrogen) atoms. The van der Waals surface area contributed by atoms with Crippen LogP contribution < -0.4 is 5.32 Å². The molecule has 1 heterocycles. The predicted octanol–water partition coefficient (Wildman–Crippen LogP) is 3.81. The largest absolute Gasteiger partial charge is 0.355 e. The van der Waals surface area contributed by atoms with Gasteiger partial charge in [-0.2, -0.15) is 0 Å². The maximum Gasteiger partial charge on any atom is 0.254 e. The lowest BCUT2D eigenvalue weighted by atomic mass is 10.0. The number of nitrogens with zero attached hydrogens (tertiary/aromatic N) is 1. The topological polar surface area (TPSA) is 49.4 Å². The van der Waals surface area contributed by atoms with Gasteiger partial charge in [0.05, 0.1) is 0 Å². The molecule has 0 radical (unpaired) electrons. The molecule has 1 aliphatic heterocycles. The van der Waals surface area contributed by atoms with Gasteiger partial charge in [-0.05, 0) is 74.6 Å². The summed E-state index contributed by atoms with van der Waals surface area (Å²) >= 11 is 0. The molecule has 0 bridgehead atoms. The highest BCUT2D eigenvalue weighted by Crippen LogP contribution is 2.29. The van der Waals surface area contributed by atoms with Crippen molar-refractivity contribution in [3.05, 3.63) is 71.0 Å². The Morgan fingerprint density at radius 1 is 1.04 bits per heavy atom. The van der Waals surface area contributed by atoms with Crippen molar-refractivity contribution in [2.75, 3.05) is 7.05 Å². The summed E-state index contributed by atoms with van der Waals surface area (Å²) in [6.45, 7) is 2.08. The van der Waals surface area contributed by atoms with E-state index in [9.17, 15) is 14.0 Å². The molecular formula is C22H25FN2O2. The Balaban J connectivity index is 1.69. The third kappa shape index (κ3) is 4.35. The summed E-state index contributed by atoms with van der Waals surface area (Å²) in [4.78, 5) is 26.7. The third-order valence-electron chi connectivity index (χ3n) is 5.32. The zero-order valence-corrected chi connectivity index (χ0v) is 15.7. The number of nitrogens with one attached hydrogen (secondary N) is 1. The lowest BCUT2D eigenvalue weighted by Gasteiger charge is -2.29. The van der Waals surface area contributed by atoms with Crippen molar-refractivity contribution in [1.82, 2.24) is 10.2 Å². The first-order chi connectivity index (χ1) is 13.0. The molecule has 2 amide bonds. The summed E-state index contributed by atoms with van der Waals surface area (Å²) in [6.07, 6.45) is 3.63. The average Bonchev–Trinajstić information content (AvgIpc) is 3.07. The first kappa shape index (κ1) is 19.1. The first-order valence-corrected chi connectivity index (χ1v) is 9.39. The molecule has 0 unspecified atom stereocenters. The zero-order chi connectivity index (χ0) is 19.4. The van der Waals surface area contributed by atoms with Crippen LogP contribution in [0.1, 0.15) is 52.5 Å². The normalized spacial score (nSPS) is 19.1. The molecule has 5 heteroatoms. The predicted molar refractivity (Wildman–Crippen MR) is 103 cm³/mol. The molecule has 0 spiro atoms. The minimum absolute atomic E-state index is 0.00700. The van der Waals surface area contributed by atoms with Gasteiger partial charge >= 0.3 is 0 Å². The van der Waals surface area contributed by atoms with Crippen LogP contribution in [0, 0.1) is 5.82 Å². The van der Waals surface area contributed by atoms with E-state index >= 15 is 0 Å². The summed E-state index contributed by atoms with van der Waals surface area (Å²) in [6, 6.07) is 13.7. The molecule has 1 aliphatic rings. The summed E-state index contributed by atoms with van der Waals surface area (Å²) in [5.41, 5.74) is 2.22. The number of amides is 2. The van der Waals surface area contributed by atoms with E-state index in [1.54, 1.807) is 43.4 Å². The number of carbonyl (C=O) groups is 2. The van der Waals surface area contributed by atoms with Crippen molar-refractivity contribution in [3.63, 3.8) is 0 Å². The van der Waals surface area contributed by atoms with Gasteiger partial charge < -0.3 is 10.2 Å². The fraction of sp³-hybridized carbons (Fsp3) is 0.364. The molecule has 2 aromatic rings. The average molecular weight is 368 g/mol. The van der Waals surface area contributed by atoms with E-state index < -0.39 is 0 Å². The van der Waals surface area contributed by atoms with Crippen molar-refractivity contribution in [2.45, 2.75) is 44.7 Å². The smallest absolute Gasteiger partial charge is 0.254 e. The van der Waals surface area contributed by atoms with Crippen LogP contribution >= 0.6 is 0 Å². The second kappa shape index (κ2) is 8.33. The Hall–Kier alpha value is -2.69. The minimum atomic E-state index is -0.231. The van der Waals surface area contributed by atoms with E-state index in [2.05, 4.69) is 12.2 Å². The lowest BCUT2D eigenvalue weighted by molar-refractivity contribution is 0.0672. The van der Waals surface area contributed by atoms with E-state index in [4.69, 9.17) is 0 Å². The van der Waals surface area contributed by atoms with E-state index in [-0.39, 0.29) is 29.7 Å². The number of rotatable bonds is 5. The summed E-state index contributed by atoms with van der Waals surface area (Å²) < 4.78 is 13.1. The van der Waals surface area contributed by atoms with Gasteiger partial charge in [-0.15, -0.1) is 0 Å². The van der Waals surface area contributed by atoms with Gasteiger partial charge in [0.25, 0.3) is 11.8 Å². The molecule has 142 valence electrons. The van der Waals surface area contributed by atoms with Gasteiger partial charge in [0.2, 0.25) is 0 Å². The van der Waals surface area contributed by atoms with E-state index in [0.717, 1.165) is 31.2 Å². The van der Waals surface area contributed by atoms with Gasteiger partial charge in [-0.1, -0.05) is 12.1 Å². The fourth-order valence-electron chi connectivity index (χ4n) is 3.76. The Bertz CT molecular complexity index is 802. The molecule has 0 saturated carbocycles. The number of carbonyl (C=O) groups excluding carboxylic acids is 2. The Morgan fingerprint density at radius 2 is 1.67 bits per heavy atom. The minimum Gasteiger partial charge on any atom is -0.355 e. The van der Waals surface area contributed by atoms with Gasteiger partial charge in [-0.25, -0.2) is 4.39 Å². The van der Waals surface area contributed by atoms with Crippen LogP contribution in [-0.2, 0) is 6.42 Å². The fourth-order valence-corrected chi connectivity index (χ4v) is 3.76. The van der Waals surface area contributed by atoms with Crippen LogP contribution in [0.4, 0.5) is 4.39 Å². The number of halogens is 1. The van der Waals surface area contributed by atoms with Crippen LogP contribution in [0.15, 0.2) is 48.5 Å². The molecule has 0 aliphatic carbocycles. The number of hydrogen-bond donors (Lipinski definition) is 1. The first-order valence-electron chi connectivity index (χ1n) is 9.39. The van der Waals surface area contributed by atoms with Crippen molar-refractivity contribution >= 4 is 11.8 Å². The summed E-state index contributed by atoms with van der Waals surface area (Å²) in [5, 5.41) is 2.58. The highest BCUT2D eigenvalue weighted by Gasteiger charge is 2.34. The number of benzene rings is 2. The van der Waals surface area contributed by atoms with Crippen molar-refractivity contribution in [3.8, 4) is 0 Å². The van der Waals surface area contributed by atoms with Crippen LogP contribution in [0.3, 0.4) is 0 Å². The van der Waals surface area contributed by atoms with Crippen LogP contribution in [0.25, 0.3) is 0 Å². The number of hydrogen-bond acceptors (Lipinski definition) is 2. The van der Waals surface area contributed by atoms with Gasteiger partial charge in [0, 0.05) is 30.3 Å². The second-order valence-electron chi connectivity index (χ2n) is 7.11. The van der Waals surface area contributed by atoms with Gasteiger partial charge in [-0.3, -0.25) is 9.59 Å². The molecule has 1 N–H and O–H groups in total. The molecule has 3 rings (SSSR count). The molecule has 2 atom stereocenters. The van der Waals surface area contributed by atoms with Gasteiger partial charge in [0.1, 0.15) is 5.82 Å². The molecule has 2 aromatic carbocycles. The Morgan fingerprint density at radius 3 is 2.30 bits per heavy atom. The van der Waals surface area contributed by atoms with Crippen LogP contribution in [0.5, 0.6) is 0 Å². The maximum absolute atomic E-state index is 13.1. The van der Waals surface area contributed by atoms with Crippen molar-refractivity contribution < 1.29 is 14.0 Å². The third-order valence-corrected chi connectivity index (χ3v) is 5.32. The molecule has 0 aromatic heterocycles. The maximum atomic E-state index is 13.1. The quantitative estimate of drug-likeness (QED) is 0.872. The molecule has 1 saturated heterocycles. The van der Waals surface area contributed by atoms with Crippen LogP contribution in [0.2, 0.25) is 0 Å². The summed E-state index contributed by atoms with van der Waals surface area (Å²) in [7, 11) is 1.58. The highest BCUT2D eigenvalue weighted by atomic mass is 19.1. The Labute approximate surface area is 159 Å². The van der Waals surface area contributed by atoms with Crippen LogP contribution in [-0.4, -0.2) is 35.8 Å². The molecular weight excluding hydrogens is 343 g/mol. The van der Waals surface area contributed by atoms with Crippen molar-refractivity contribution in [1.29, 1.82) is 0 Å². The van der Waals surface area contributed by atoms with E-state index in [0.29, 0.717) is 11.1 Å². The monoisotopic (exact) mass is 368 g/mol. The zero-order valence-electron chi connectivity index (χ0n) is 15.7.